The topological polar surface area (TPSA) is 52.2 Å². The minimum Gasteiger partial charge on any atom is -0.348 e. The summed E-state index contributed by atoms with van der Waals surface area (Å²) in [5.74, 6) is 0.489. The number of piperidine rings is 1. The first-order chi connectivity index (χ1) is 11.7. The summed E-state index contributed by atoms with van der Waals surface area (Å²) in [6.07, 6.45) is 7.73. The number of benzene rings is 1. The molecule has 5 nitrogen and oxygen atoms in total. The Balaban J connectivity index is 1.48. The minimum atomic E-state index is 0.165. The summed E-state index contributed by atoms with van der Waals surface area (Å²) in [4.78, 5) is 24.5. The highest BCUT2D eigenvalue weighted by molar-refractivity contribution is 5.94. The van der Waals surface area contributed by atoms with Gasteiger partial charge in [-0.15, -0.1) is 0 Å². The van der Waals surface area contributed by atoms with Crippen molar-refractivity contribution in [2.75, 3.05) is 18.0 Å². The molecule has 1 atom stereocenters. The second kappa shape index (κ2) is 6.30. The average Bonchev–Trinajstić information content (AvgIpc) is 3.16. The van der Waals surface area contributed by atoms with Crippen LogP contribution in [0.5, 0.6) is 0 Å². The molecule has 1 saturated heterocycles. The quantitative estimate of drug-likeness (QED) is 0.872. The van der Waals surface area contributed by atoms with E-state index in [1.54, 1.807) is 6.33 Å². The molecular weight excluding hydrogens is 300 g/mol. The number of carbonyl (C=O) groups excluding carboxylic acids is 1. The Labute approximate surface area is 142 Å². The summed E-state index contributed by atoms with van der Waals surface area (Å²) in [6, 6.07) is 8.75. The van der Waals surface area contributed by atoms with Gasteiger partial charge in [0, 0.05) is 42.6 Å². The number of aryl methyl sites for hydroxylation is 1. The monoisotopic (exact) mass is 324 g/mol. The molecule has 5 heteroatoms. The Morgan fingerprint density at radius 1 is 1.21 bits per heavy atom. The van der Waals surface area contributed by atoms with Crippen LogP contribution in [0.4, 0.5) is 10.5 Å². The SMILES string of the molecule is CC1CCc2ccccc2N1C(=O)N1CCC(c2cnc[nH]2)CC1. The van der Waals surface area contributed by atoms with E-state index in [2.05, 4.69) is 35.1 Å². The Bertz CT molecular complexity index is 704. The number of imidazole rings is 1. The molecule has 2 aliphatic rings. The molecule has 1 fully saturated rings. The zero-order valence-electron chi connectivity index (χ0n) is 14.1. The zero-order chi connectivity index (χ0) is 16.5. The number of likely N-dealkylation sites (tertiary alicyclic amines) is 1. The van der Waals surface area contributed by atoms with E-state index >= 15 is 0 Å². The highest BCUT2D eigenvalue weighted by Gasteiger charge is 2.33. The third-order valence-electron chi connectivity index (χ3n) is 5.45. The van der Waals surface area contributed by atoms with Crippen LogP contribution in [-0.2, 0) is 6.42 Å². The number of nitrogens with zero attached hydrogens (tertiary/aromatic N) is 3. The first kappa shape index (κ1) is 15.2. The Morgan fingerprint density at radius 2 is 2.00 bits per heavy atom. The summed E-state index contributed by atoms with van der Waals surface area (Å²) in [6.45, 7) is 3.78. The number of carbonyl (C=O) groups is 1. The maximum absolute atomic E-state index is 13.2. The molecule has 126 valence electrons. The van der Waals surface area contributed by atoms with Crippen molar-refractivity contribution in [3.05, 3.63) is 48.0 Å². The Kier molecular flexibility index (Phi) is 4.00. The number of urea groups is 1. The first-order valence-electron chi connectivity index (χ1n) is 8.88. The molecule has 0 saturated carbocycles. The second-order valence-electron chi connectivity index (χ2n) is 6.94. The number of anilines is 1. The first-order valence-corrected chi connectivity index (χ1v) is 8.88. The van der Waals surface area contributed by atoms with Gasteiger partial charge in [0.25, 0.3) is 0 Å². The third-order valence-corrected chi connectivity index (χ3v) is 5.45. The number of para-hydroxylation sites is 1. The van der Waals surface area contributed by atoms with Crippen LogP contribution in [0, 0.1) is 0 Å². The summed E-state index contributed by atoms with van der Waals surface area (Å²) in [5.41, 5.74) is 3.58. The van der Waals surface area contributed by atoms with Crippen LogP contribution < -0.4 is 4.90 Å². The number of nitrogens with one attached hydrogen (secondary N) is 1. The third kappa shape index (κ3) is 2.68. The number of amides is 2. The van der Waals surface area contributed by atoms with Gasteiger partial charge >= 0.3 is 6.03 Å². The van der Waals surface area contributed by atoms with E-state index in [1.807, 2.05) is 22.1 Å². The number of rotatable bonds is 1. The Hall–Kier alpha value is -2.30. The van der Waals surface area contributed by atoms with Crippen LogP contribution in [0.15, 0.2) is 36.8 Å². The number of aromatic nitrogens is 2. The highest BCUT2D eigenvalue weighted by Crippen LogP contribution is 2.33. The minimum absolute atomic E-state index is 0.165. The molecule has 0 radical (unpaired) electrons. The van der Waals surface area contributed by atoms with Crippen molar-refractivity contribution in [1.82, 2.24) is 14.9 Å². The molecule has 1 N–H and O–H groups in total. The summed E-state index contributed by atoms with van der Waals surface area (Å²) >= 11 is 0. The molecule has 3 heterocycles. The fourth-order valence-corrected chi connectivity index (χ4v) is 4.00. The van der Waals surface area contributed by atoms with Crippen molar-refractivity contribution in [3.63, 3.8) is 0 Å². The lowest BCUT2D eigenvalue weighted by molar-refractivity contribution is 0.184. The smallest absolute Gasteiger partial charge is 0.324 e. The molecule has 4 rings (SSSR count). The number of fused-ring (bicyclic) bond motifs is 1. The molecule has 2 amide bonds. The van der Waals surface area contributed by atoms with Gasteiger partial charge in [0.15, 0.2) is 0 Å². The van der Waals surface area contributed by atoms with E-state index in [1.165, 1.54) is 11.3 Å². The van der Waals surface area contributed by atoms with E-state index < -0.39 is 0 Å². The molecule has 1 aromatic carbocycles. The van der Waals surface area contributed by atoms with Crippen LogP contribution >= 0.6 is 0 Å². The highest BCUT2D eigenvalue weighted by atomic mass is 16.2. The number of aromatic amines is 1. The van der Waals surface area contributed by atoms with Crippen molar-refractivity contribution < 1.29 is 4.79 Å². The standard InChI is InChI=1S/C19H24N4O/c1-14-6-7-16-4-2-3-5-18(16)23(14)19(24)22-10-8-15(9-11-22)17-12-20-13-21-17/h2-5,12-15H,6-11H2,1H3,(H,20,21). The predicted molar refractivity (Wildman–Crippen MR) is 94.2 cm³/mol. The van der Waals surface area contributed by atoms with Gasteiger partial charge in [-0.2, -0.15) is 0 Å². The lowest BCUT2D eigenvalue weighted by Gasteiger charge is -2.40. The van der Waals surface area contributed by atoms with Crippen molar-refractivity contribution in [2.45, 2.75) is 44.6 Å². The van der Waals surface area contributed by atoms with Crippen molar-refractivity contribution in [1.29, 1.82) is 0 Å². The summed E-state index contributed by atoms with van der Waals surface area (Å²) in [7, 11) is 0. The second-order valence-corrected chi connectivity index (χ2v) is 6.94. The van der Waals surface area contributed by atoms with E-state index in [4.69, 9.17) is 0 Å². The molecule has 1 unspecified atom stereocenters. The van der Waals surface area contributed by atoms with E-state index in [9.17, 15) is 4.79 Å². The van der Waals surface area contributed by atoms with Gasteiger partial charge in [0.1, 0.15) is 0 Å². The van der Waals surface area contributed by atoms with Gasteiger partial charge in [0.2, 0.25) is 0 Å². The maximum Gasteiger partial charge on any atom is 0.324 e. The van der Waals surface area contributed by atoms with Crippen molar-refractivity contribution >= 4 is 11.7 Å². The normalized spacial score (nSPS) is 21.6. The number of H-pyrrole nitrogens is 1. The van der Waals surface area contributed by atoms with Gasteiger partial charge in [0.05, 0.1) is 6.33 Å². The largest absolute Gasteiger partial charge is 0.348 e. The molecular formula is C19H24N4O. The van der Waals surface area contributed by atoms with Crippen molar-refractivity contribution in [2.24, 2.45) is 0 Å². The summed E-state index contributed by atoms with van der Waals surface area (Å²) < 4.78 is 0. The molecule has 24 heavy (non-hydrogen) atoms. The molecule has 2 aliphatic heterocycles. The Morgan fingerprint density at radius 3 is 2.75 bits per heavy atom. The molecule has 2 aromatic rings. The fraction of sp³-hybridized carbons (Fsp3) is 0.474. The lowest BCUT2D eigenvalue weighted by atomic mass is 9.93. The van der Waals surface area contributed by atoms with Gasteiger partial charge in [-0.05, 0) is 44.2 Å². The summed E-state index contributed by atoms with van der Waals surface area (Å²) in [5, 5.41) is 0. The van der Waals surface area contributed by atoms with Gasteiger partial charge < -0.3 is 9.88 Å². The van der Waals surface area contributed by atoms with Gasteiger partial charge in [-0.3, -0.25) is 4.90 Å². The van der Waals surface area contributed by atoms with Crippen LogP contribution in [0.25, 0.3) is 0 Å². The van der Waals surface area contributed by atoms with Crippen molar-refractivity contribution in [3.8, 4) is 0 Å². The molecule has 0 aliphatic carbocycles. The van der Waals surface area contributed by atoms with Crippen LogP contribution in [0.3, 0.4) is 0 Å². The molecule has 0 bridgehead atoms. The number of hydrogen-bond acceptors (Lipinski definition) is 2. The van der Waals surface area contributed by atoms with Crippen LogP contribution in [0.2, 0.25) is 0 Å². The molecule has 0 spiro atoms. The van der Waals surface area contributed by atoms with Crippen LogP contribution in [-0.4, -0.2) is 40.0 Å². The van der Waals surface area contributed by atoms with E-state index in [-0.39, 0.29) is 12.1 Å². The van der Waals surface area contributed by atoms with Crippen LogP contribution in [0.1, 0.15) is 43.4 Å². The molecule has 1 aromatic heterocycles. The maximum atomic E-state index is 13.2. The fourth-order valence-electron chi connectivity index (χ4n) is 4.00. The van der Waals surface area contributed by atoms with E-state index in [0.29, 0.717) is 5.92 Å². The van der Waals surface area contributed by atoms with Gasteiger partial charge in [-0.1, -0.05) is 18.2 Å². The predicted octanol–water partition coefficient (Wildman–Crippen LogP) is 3.55. The zero-order valence-corrected chi connectivity index (χ0v) is 14.1. The average molecular weight is 324 g/mol. The lowest BCUT2D eigenvalue weighted by Crippen LogP contribution is -2.51. The van der Waals surface area contributed by atoms with E-state index in [0.717, 1.165) is 44.5 Å². The van der Waals surface area contributed by atoms with Gasteiger partial charge in [-0.25, -0.2) is 9.78 Å². The number of hydrogen-bond donors (Lipinski definition) is 1.